The molecular weight excluding hydrogens is 455 g/mol. The predicted octanol–water partition coefficient (Wildman–Crippen LogP) is 2.52. The summed E-state index contributed by atoms with van der Waals surface area (Å²) < 4.78 is 20.4. The van der Waals surface area contributed by atoms with Gasteiger partial charge in [0, 0.05) is 31.1 Å². The molecule has 35 heavy (non-hydrogen) atoms. The van der Waals surface area contributed by atoms with Gasteiger partial charge in [-0.25, -0.2) is 14.0 Å². The summed E-state index contributed by atoms with van der Waals surface area (Å²) in [6.07, 6.45) is 3.18. The summed E-state index contributed by atoms with van der Waals surface area (Å²) in [6, 6.07) is 3.66. The number of urea groups is 1. The number of nitrogens with one attached hydrogen (secondary N) is 2. The van der Waals surface area contributed by atoms with Gasteiger partial charge in [0.25, 0.3) is 0 Å². The minimum Gasteiger partial charge on any atom is -0.442 e. The number of nitrogens with zero attached hydrogens (tertiary/aromatic N) is 2. The van der Waals surface area contributed by atoms with Gasteiger partial charge in [-0.05, 0) is 62.1 Å². The van der Waals surface area contributed by atoms with Crippen LogP contribution in [-0.4, -0.2) is 72.1 Å². The fourth-order valence-corrected chi connectivity index (χ4v) is 5.30. The van der Waals surface area contributed by atoms with Gasteiger partial charge in [-0.3, -0.25) is 14.9 Å². The number of carbonyl (C=O) groups excluding carboxylic acids is 4. The molecule has 1 aromatic carbocycles. The number of alkyl carbamates (subject to hydrolysis) is 1. The molecular formula is C25H31FN4O5. The van der Waals surface area contributed by atoms with Crippen molar-refractivity contribution in [3.63, 3.8) is 0 Å². The summed E-state index contributed by atoms with van der Waals surface area (Å²) in [5.74, 6) is -1.74. The standard InChI is InChI=1S/C25H31FN4O5/c1-13-7-14(10-20(26)22(13)19-5-6-21(31)28-23(19)32)15-8-16(9-15)27-24(33)35-18-11-30(12-18)25(34)29(2)17-3-4-17/h7,10,15-19H,3-6,8-9,11-12H2,1-2H3,(H,27,33)(H,28,31,32). The molecule has 1 aromatic rings. The molecule has 188 valence electrons. The number of imide groups is 1. The highest BCUT2D eigenvalue weighted by molar-refractivity contribution is 6.01. The van der Waals surface area contributed by atoms with E-state index in [-0.39, 0.29) is 36.4 Å². The van der Waals surface area contributed by atoms with Gasteiger partial charge in [0.05, 0.1) is 19.0 Å². The molecule has 2 N–H and O–H groups in total. The summed E-state index contributed by atoms with van der Waals surface area (Å²) >= 11 is 0. The zero-order valence-corrected chi connectivity index (χ0v) is 20.0. The van der Waals surface area contributed by atoms with E-state index in [0.717, 1.165) is 18.4 Å². The molecule has 0 bridgehead atoms. The van der Waals surface area contributed by atoms with Gasteiger partial charge in [0.15, 0.2) is 0 Å². The number of hydrogen-bond acceptors (Lipinski definition) is 5. The summed E-state index contributed by atoms with van der Waals surface area (Å²) in [6.45, 7) is 2.61. The van der Waals surface area contributed by atoms with Crippen molar-refractivity contribution in [2.45, 2.75) is 75.5 Å². The van der Waals surface area contributed by atoms with Gasteiger partial charge in [-0.2, -0.15) is 0 Å². The Kier molecular flexibility index (Phi) is 6.14. The summed E-state index contributed by atoms with van der Waals surface area (Å²) in [5, 5.41) is 5.15. The lowest BCUT2D eigenvalue weighted by Crippen LogP contribution is -2.59. The Hall–Kier alpha value is -3.17. The van der Waals surface area contributed by atoms with Crippen LogP contribution in [0.4, 0.5) is 14.0 Å². The highest BCUT2D eigenvalue weighted by atomic mass is 19.1. The third-order valence-corrected chi connectivity index (χ3v) is 7.67. The Morgan fingerprint density at radius 3 is 2.51 bits per heavy atom. The highest BCUT2D eigenvalue weighted by Crippen LogP contribution is 2.40. The third-order valence-electron chi connectivity index (χ3n) is 7.67. The maximum Gasteiger partial charge on any atom is 0.407 e. The van der Waals surface area contributed by atoms with Gasteiger partial charge in [-0.1, -0.05) is 6.07 Å². The van der Waals surface area contributed by atoms with E-state index in [1.165, 1.54) is 6.07 Å². The number of halogens is 1. The van der Waals surface area contributed by atoms with Crippen LogP contribution < -0.4 is 10.6 Å². The van der Waals surface area contributed by atoms with Crippen LogP contribution in [0.1, 0.15) is 67.1 Å². The number of hydrogen-bond donors (Lipinski definition) is 2. The van der Waals surface area contributed by atoms with E-state index in [9.17, 15) is 23.6 Å². The zero-order chi connectivity index (χ0) is 24.9. The van der Waals surface area contributed by atoms with Gasteiger partial charge in [0.2, 0.25) is 11.8 Å². The highest BCUT2D eigenvalue weighted by Gasteiger charge is 2.40. The first kappa shape index (κ1) is 23.6. The number of rotatable bonds is 5. The first-order valence-electron chi connectivity index (χ1n) is 12.3. The molecule has 2 heterocycles. The fraction of sp³-hybridized carbons (Fsp3) is 0.600. The lowest BCUT2D eigenvalue weighted by molar-refractivity contribution is -0.134. The minimum absolute atomic E-state index is 0.0132. The molecule has 2 saturated carbocycles. The molecule has 1 unspecified atom stereocenters. The molecule has 4 aliphatic rings. The molecule has 0 spiro atoms. The fourth-order valence-electron chi connectivity index (χ4n) is 5.30. The quantitative estimate of drug-likeness (QED) is 0.622. The normalized spacial score (nSPS) is 26.4. The Bertz CT molecular complexity index is 1040. The second kappa shape index (κ2) is 9.13. The first-order valence-corrected chi connectivity index (χ1v) is 12.3. The molecule has 4 fully saturated rings. The molecule has 2 saturated heterocycles. The summed E-state index contributed by atoms with van der Waals surface area (Å²) in [7, 11) is 1.81. The number of piperidine rings is 1. The van der Waals surface area contributed by atoms with Crippen LogP contribution in [0, 0.1) is 12.7 Å². The number of benzene rings is 1. The van der Waals surface area contributed by atoms with E-state index in [4.69, 9.17) is 4.74 Å². The Morgan fingerprint density at radius 2 is 1.89 bits per heavy atom. The van der Waals surface area contributed by atoms with Crippen molar-refractivity contribution in [3.05, 3.63) is 34.6 Å². The minimum atomic E-state index is -0.654. The molecule has 2 aliphatic heterocycles. The molecule has 2 aliphatic carbocycles. The second-order valence-corrected chi connectivity index (χ2v) is 10.3. The summed E-state index contributed by atoms with van der Waals surface area (Å²) in [5.41, 5.74) is 1.89. The van der Waals surface area contributed by atoms with Crippen molar-refractivity contribution in [2.75, 3.05) is 20.1 Å². The van der Waals surface area contributed by atoms with Crippen molar-refractivity contribution in [3.8, 4) is 0 Å². The van der Waals surface area contributed by atoms with Crippen LogP contribution in [0.2, 0.25) is 0 Å². The Balaban J connectivity index is 1.08. The maximum atomic E-state index is 15.0. The molecule has 0 aromatic heterocycles. The van der Waals surface area contributed by atoms with E-state index < -0.39 is 23.7 Å². The average molecular weight is 487 g/mol. The maximum absolute atomic E-state index is 15.0. The topological polar surface area (TPSA) is 108 Å². The number of amides is 5. The average Bonchev–Trinajstić information content (AvgIpc) is 3.58. The van der Waals surface area contributed by atoms with Crippen LogP contribution in [0.5, 0.6) is 0 Å². The lowest BCUT2D eigenvalue weighted by Gasteiger charge is -2.41. The van der Waals surface area contributed by atoms with E-state index in [1.807, 2.05) is 13.1 Å². The Morgan fingerprint density at radius 1 is 1.17 bits per heavy atom. The van der Waals surface area contributed by atoms with Gasteiger partial charge in [-0.15, -0.1) is 0 Å². The number of likely N-dealkylation sites (tertiary alicyclic amines) is 1. The van der Waals surface area contributed by atoms with Crippen LogP contribution in [0.15, 0.2) is 12.1 Å². The molecule has 5 amide bonds. The van der Waals surface area contributed by atoms with E-state index in [0.29, 0.717) is 49.5 Å². The monoisotopic (exact) mass is 486 g/mol. The van der Waals surface area contributed by atoms with E-state index in [2.05, 4.69) is 10.6 Å². The van der Waals surface area contributed by atoms with Gasteiger partial charge in [0.1, 0.15) is 11.9 Å². The smallest absolute Gasteiger partial charge is 0.407 e. The molecule has 0 radical (unpaired) electrons. The van der Waals surface area contributed by atoms with Gasteiger partial charge >= 0.3 is 12.1 Å². The molecule has 1 atom stereocenters. The van der Waals surface area contributed by atoms with Crippen molar-refractivity contribution >= 4 is 23.9 Å². The van der Waals surface area contributed by atoms with Crippen LogP contribution >= 0.6 is 0 Å². The second-order valence-electron chi connectivity index (χ2n) is 10.3. The number of carbonyl (C=O) groups is 4. The largest absolute Gasteiger partial charge is 0.442 e. The van der Waals surface area contributed by atoms with E-state index in [1.54, 1.807) is 16.7 Å². The number of ether oxygens (including phenoxy) is 1. The first-order chi connectivity index (χ1) is 16.7. The van der Waals surface area contributed by atoms with Crippen molar-refractivity contribution in [1.29, 1.82) is 0 Å². The van der Waals surface area contributed by atoms with E-state index >= 15 is 0 Å². The van der Waals surface area contributed by atoms with Crippen molar-refractivity contribution in [1.82, 2.24) is 20.4 Å². The number of aryl methyl sites for hydroxylation is 1. The zero-order valence-electron chi connectivity index (χ0n) is 20.0. The molecule has 9 nitrogen and oxygen atoms in total. The lowest BCUT2D eigenvalue weighted by atomic mass is 9.74. The SMILES string of the molecule is Cc1cc(C2CC(NC(=O)OC3CN(C(=O)N(C)C4CC4)C3)C2)cc(F)c1C1CCC(=O)NC1=O. The van der Waals surface area contributed by atoms with Gasteiger partial charge < -0.3 is 19.9 Å². The molecule has 5 rings (SSSR count). The van der Waals surface area contributed by atoms with Crippen molar-refractivity contribution in [2.24, 2.45) is 0 Å². The summed E-state index contributed by atoms with van der Waals surface area (Å²) in [4.78, 5) is 51.5. The van der Waals surface area contributed by atoms with Crippen LogP contribution in [0.3, 0.4) is 0 Å². The third kappa shape index (κ3) is 4.83. The predicted molar refractivity (Wildman–Crippen MR) is 123 cm³/mol. The molecule has 10 heteroatoms. The van der Waals surface area contributed by atoms with Crippen LogP contribution in [0.25, 0.3) is 0 Å². The van der Waals surface area contributed by atoms with Crippen LogP contribution in [-0.2, 0) is 14.3 Å². The Labute approximate surface area is 203 Å². The van der Waals surface area contributed by atoms with Crippen molar-refractivity contribution < 1.29 is 28.3 Å².